The van der Waals surface area contributed by atoms with E-state index in [0.717, 1.165) is 10.6 Å². The second-order valence-electron chi connectivity index (χ2n) is 3.12. The lowest BCUT2D eigenvalue weighted by atomic mass is 10.3. The summed E-state index contributed by atoms with van der Waals surface area (Å²) in [5.74, 6) is 0.176. The lowest BCUT2D eigenvalue weighted by Crippen LogP contribution is -2.29. The molecular formula is C9H10NO2S2-. The van der Waals surface area contributed by atoms with E-state index in [1.165, 1.54) is 0 Å². The van der Waals surface area contributed by atoms with Crippen LogP contribution in [0.2, 0.25) is 0 Å². The molecule has 0 saturated carbocycles. The molecule has 1 aromatic rings. The number of nitrogens with zero attached hydrogens (tertiary/aromatic N) is 1. The third kappa shape index (κ3) is 1.80. The number of fused-ring (bicyclic) bond motifs is 1. The molecule has 2 unspecified atom stereocenters. The molecule has 0 radical (unpaired) electrons. The third-order valence-electron chi connectivity index (χ3n) is 2.22. The molecule has 0 fully saturated rings. The molecule has 1 heterocycles. The molecule has 1 aliphatic rings. The van der Waals surface area contributed by atoms with Crippen molar-refractivity contribution in [3.05, 3.63) is 24.3 Å². The Morgan fingerprint density at radius 1 is 1.57 bits per heavy atom. The van der Waals surface area contributed by atoms with Gasteiger partial charge in [-0.1, -0.05) is 35.0 Å². The van der Waals surface area contributed by atoms with Gasteiger partial charge in [0.25, 0.3) is 0 Å². The minimum Gasteiger partial charge on any atom is -0.772 e. The molecule has 0 amide bonds. The number of rotatable bonds is 2. The standard InChI is InChI=1S/C9H11NO2S2/c1-10-7-4-2-3-5-8(7)13-9(10)6-14(11)12/h2-5,9H,6H2,1H3,(H,11,12)/p-1. The smallest absolute Gasteiger partial charge is 0.0898 e. The fourth-order valence-electron chi connectivity index (χ4n) is 1.49. The first kappa shape index (κ1) is 10.0. The van der Waals surface area contributed by atoms with Crippen molar-refractivity contribution >= 4 is 28.5 Å². The van der Waals surface area contributed by atoms with E-state index in [1.807, 2.05) is 36.2 Å². The second-order valence-corrected chi connectivity index (χ2v) is 5.28. The van der Waals surface area contributed by atoms with Gasteiger partial charge in [0.15, 0.2) is 0 Å². The average molecular weight is 228 g/mol. The van der Waals surface area contributed by atoms with E-state index in [2.05, 4.69) is 0 Å². The maximum atomic E-state index is 10.6. The minimum absolute atomic E-state index is 0.0192. The van der Waals surface area contributed by atoms with E-state index in [0.29, 0.717) is 0 Å². The van der Waals surface area contributed by atoms with Gasteiger partial charge in [0.2, 0.25) is 0 Å². The number of thioether (sulfide) groups is 1. The molecule has 2 atom stereocenters. The summed E-state index contributed by atoms with van der Waals surface area (Å²) in [5.41, 5.74) is 1.12. The van der Waals surface area contributed by atoms with Crippen molar-refractivity contribution in [1.82, 2.24) is 0 Å². The van der Waals surface area contributed by atoms with E-state index in [4.69, 9.17) is 0 Å². The summed E-state index contributed by atoms with van der Waals surface area (Å²) in [6.45, 7) is 0. The first-order chi connectivity index (χ1) is 6.68. The lowest BCUT2D eigenvalue weighted by molar-refractivity contribution is 0.535. The van der Waals surface area contributed by atoms with Crippen LogP contribution in [-0.2, 0) is 11.1 Å². The van der Waals surface area contributed by atoms with Gasteiger partial charge in [-0.2, -0.15) is 0 Å². The van der Waals surface area contributed by atoms with Crippen LogP contribution in [0.1, 0.15) is 0 Å². The number of anilines is 1. The predicted octanol–water partition coefficient (Wildman–Crippen LogP) is 1.43. The zero-order chi connectivity index (χ0) is 10.1. The third-order valence-corrected chi connectivity index (χ3v) is 4.37. The van der Waals surface area contributed by atoms with Crippen LogP contribution in [0.5, 0.6) is 0 Å². The number of hydrogen-bond acceptors (Lipinski definition) is 4. The highest BCUT2D eigenvalue weighted by atomic mass is 32.2. The summed E-state index contributed by atoms with van der Waals surface area (Å²) in [7, 11) is 1.93. The van der Waals surface area contributed by atoms with Crippen LogP contribution in [0.4, 0.5) is 5.69 Å². The summed E-state index contributed by atoms with van der Waals surface area (Å²) in [4.78, 5) is 3.17. The second kappa shape index (κ2) is 3.92. The van der Waals surface area contributed by atoms with Crippen molar-refractivity contribution in [3.8, 4) is 0 Å². The van der Waals surface area contributed by atoms with Crippen molar-refractivity contribution in [1.29, 1.82) is 0 Å². The molecule has 0 bridgehead atoms. The van der Waals surface area contributed by atoms with Crippen LogP contribution in [0.15, 0.2) is 29.2 Å². The van der Waals surface area contributed by atoms with Gasteiger partial charge < -0.3 is 9.45 Å². The first-order valence-corrected chi connectivity index (χ1v) is 6.35. The van der Waals surface area contributed by atoms with Crippen LogP contribution in [0.3, 0.4) is 0 Å². The van der Waals surface area contributed by atoms with Gasteiger partial charge in [-0.05, 0) is 12.1 Å². The molecule has 0 N–H and O–H groups in total. The minimum atomic E-state index is -1.98. The molecule has 76 valence electrons. The van der Waals surface area contributed by atoms with Gasteiger partial charge in [-0.15, -0.1) is 0 Å². The van der Waals surface area contributed by atoms with Crippen molar-refractivity contribution < 1.29 is 8.76 Å². The quantitative estimate of drug-likeness (QED) is 0.718. The van der Waals surface area contributed by atoms with Gasteiger partial charge in [-0.3, -0.25) is 4.21 Å². The highest BCUT2D eigenvalue weighted by Crippen LogP contribution is 2.42. The van der Waals surface area contributed by atoms with Crippen LogP contribution in [0.25, 0.3) is 0 Å². The highest BCUT2D eigenvalue weighted by molar-refractivity contribution is 8.01. The number of hydrogen-bond donors (Lipinski definition) is 0. The van der Waals surface area contributed by atoms with Gasteiger partial charge in [0, 0.05) is 17.7 Å². The fraction of sp³-hybridized carbons (Fsp3) is 0.333. The van der Waals surface area contributed by atoms with Gasteiger partial charge in [0.05, 0.1) is 11.1 Å². The largest absolute Gasteiger partial charge is 0.772 e. The van der Waals surface area contributed by atoms with Crippen LogP contribution >= 0.6 is 11.8 Å². The molecule has 1 aliphatic heterocycles. The van der Waals surface area contributed by atoms with Crippen LogP contribution in [0, 0.1) is 0 Å². The van der Waals surface area contributed by atoms with Crippen molar-refractivity contribution in [3.63, 3.8) is 0 Å². The van der Waals surface area contributed by atoms with Gasteiger partial charge in [-0.25, -0.2) is 0 Å². The van der Waals surface area contributed by atoms with Crippen molar-refractivity contribution in [2.45, 2.75) is 10.3 Å². The number of para-hydroxylation sites is 1. The Balaban J connectivity index is 2.21. The lowest BCUT2D eigenvalue weighted by Gasteiger charge is -2.22. The van der Waals surface area contributed by atoms with E-state index >= 15 is 0 Å². The molecular weight excluding hydrogens is 218 g/mol. The fourth-order valence-corrected chi connectivity index (χ4v) is 3.61. The predicted molar refractivity (Wildman–Crippen MR) is 58.3 cm³/mol. The zero-order valence-corrected chi connectivity index (χ0v) is 9.31. The van der Waals surface area contributed by atoms with E-state index in [9.17, 15) is 8.76 Å². The molecule has 0 spiro atoms. The Hall–Kier alpha value is -0.520. The average Bonchev–Trinajstić information content (AvgIpc) is 2.44. The molecule has 14 heavy (non-hydrogen) atoms. The van der Waals surface area contributed by atoms with Gasteiger partial charge >= 0.3 is 0 Å². The SMILES string of the molecule is CN1c2ccccc2SC1CS(=O)[O-]. The molecule has 2 rings (SSSR count). The molecule has 5 heteroatoms. The summed E-state index contributed by atoms with van der Waals surface area (Å²) in [6.07, 6.45) is 0. The maximum Gasteiger partial charge on any atom is 0.0898 e. The van der Waals surface area contributed by atoms with Crippen LogP contribution in [-0.4, -0.2) is 26.9 Å². The first-order valence-electron chi connectivity index (χ1n) is 4.23. The van der Waals surface area contributed by atoms with Crippen molar-refractivity contribution in [2.24, 2.45) is 0 Å². The summed E-state index contributed by atoms with van der Waals surface area (Å²) in [5, 5.41) is 0.0192. The molecule has 0 saturated heterocycles. The monoisotopic (exact) mass is 228 g/mol. The topological polar surface area (TPSA) is 43.4 Å². The Labute approximate surface area is 89.8 Å². The molecule has 3 nitrogen and oxygen atoms in total. The van der Waals surface area contributed by atoms with Crippen LogP contribution < -0.4 is 4.90 Å². The van der Waals surface area contributed by atoms with Crippen molar-refractivity contribution in [2.75, 3.05) is 17.7 Å². The summed E-state index contributed by atoms with van der Waals surface area (Å²) in [6, 6.07) is 7.96. The van der Waals surface area contributed by atoms with E-state index < -0.39 is 11.1 Å². The Morgan fingerprint density at radius 2 is 2.29 bits per heavy atom. The Kier molecular flexibility index (Phi) is 2.80. The normalized spacial score (nSPS) is 22.1. The Bertz CT molecular complexity index is 370. The molecule has 0 aliphatic carbocycles. The molecule has 0 aromatic heterocycles. The summed E-state index contributed by atoms with van der Waals surface area (Å²) < 4.78 is 21.2. The summed E-state index contributed by atoms with van der Waals surface area (Å²) >= 11 is -0.371. The van der Waals surface area contributed by atoms with Gasteiger partial charge in [0.1, 0.15) is 0 Å². The Morgan fingerprint density at radius 3 is 2.93 bits per heavy atom. The molecule has 1 aromatic carbocycles. The highest BCUT2D eigenvalue weighted by Gasteiger charge is 2.26. The van der Waals surface area contributed by atoms with E-state index in [1.54, 1.807) is 11.8 Å². The number of benzene rings is 1. The van der Waals surface area contributed by atoms with E-state index in [-0.39, 0.29) is 11.1 Å². The maximum absolute atomic E-state index is 10.6. The zero-order valence-electron chi connectivity index (χ0n) is 7.67.